The van der Waals surface area contributed by atoms with Crippen molar-refractivity contribution in [2.45, 2.75) is 489 Å². The lowest BCUT2D eigenvalue weighted by Gasteiger charge is -2.22. The Balaban J connectivity index is 1.85. The molecule has 0 bridgehead atoms. The number of carbonyl (C=O) groups excluding carboxylic acids is 2. The first-order valence-corrected chi connectivity index (χ1v) is 42.0. The van der Waals surface area contributed by atoms with E-state index in [4.69, 9.17) is 4.74 Å². The Bertz CT molecular complexity index is 1420. The van der Waals surface area contributed by atoms with E-state index in [1.807, 2.05) is 0 Å². The molecule has 1 fully saturated rings. The summed E-state index contributed by atoms with van der Waals surface area (Å²) in [5.41, 5.74) is 0. The summed E-state index contributed by atoms with van der Waals surface area (Å²) in [6.07, 6.45) is 93.1. The van der Waals surface area contributed by atoms with Crippen LogP contribution < -0.4 is 0 Å². The number of esters is 1. The Kier molecular flexibility index (Phi) is 68.5. The Morgan fingerprint density at radius 2 is 0.578 bits per heavy atom. The van der Waals surface area contributed by atoms with Gasteiger partial charge in [-0.25, -0.2) is 0 Å². The lowest BCUT2D eigenvalue weighted by molar-refractivity contribution is -0.156. The van der Waals surface area contributed by atoms with Gasteiger partial charge >= 0.3 is 5.97 Å². The average Bonchev–Trinajstić information content (AvgIpc) is 2.95. The fraction of sp³-hybridized carbons (Fsp3) is 0.976. The highest BCUT2D eigenvalue weighted by Gasteiger charge is 2.35. The minimum atomic E-state index is -1.07. The van der Waals surface area contributed by atoms with Crippen molar-refractivity contribution in [2.24, 2.45) is 23.7 Å². The van der Waals surface area contributed by atoms with Gasteiger partial charge in [0.15, 0.2) is 0 Å². The van der Waals surface area contributed by atoms with Gasteiger partial charge in [-0.1, -0.05) is 438 Å². The third kappa shape index (κ3) is 61.9. The second kappa shape index (κ2) is 70.8. The summed E-state index contributed by atoms with van der Waals surface area (Å²) < 4.78 is 5.36. The Hall–Kier alpha value is -0.980. The van der Waals surface area contributed by atoms with E-state index >= 15 is 0 Å². The van der Waals surface area contributed by atoms with Crippen LogP contribution in [0.15, 0.2) is 0 Å². The van der Waals surface area contributed by atoms with E-state index in [2.05, 4.69) is 20.8 Å². The number of ether oxygens (including phenoxy) is 1. The molecule has 1 aliphatic carbocycles. The molecular weight excluding hydrogens is 1100 g/mol. The first kappa shape index (κ1) is 87.0. The molecule has 1 aliphatic rings. The van der Waals surface area contributed by atoms with Crippen LogP contribution in [0.5, 0.6) is 0 Å². The van der Waals surface area contributed by atoms with E-state index in [1.54, 1.807) is 0 Å². The predicted octanol–water partition coefficient (Wildman–Crippen LogP) is 27.0. The molecule has 0 aromatic carbocycles. The second-order valence-electron chi connectivity index (χ2n) is 30.4. The molecule has 536 valence electrons. The fourth-order valence-electron chi connectivity index (χ4n) is 14.8. The molecule has 6 atom stereocenters. The van der Waals surface area contributed by atoms with Gasteiger partial charge in [-0.05, 0) is 43.9 Å². The molecule has 1 saturated carbocycles. The number of Topliss-reactive ketones (excluding diaryl/α,β-unsaturated/α-hetero) is 1. The van der Waals surface area contributed by atoms with E-state index in [1.165, 1.54) is 398 Å². The number of rotatable bonds is 78. The van der Waals surface area contributed by atoms with Crippen LogP contribution in [0.25, 0.3) is 0 Å². The fourth-order valence-corrected chi connectivity index (χ4v) is 14.8. The molecule has 90 heavy (non-hydrogen) atoms. The molecule has 6 nitrogen and oxygen atoms in total. The van der Waals surface area contributed by atoms with Crippen LogP contribution in [0.1, 0.15) is 477 Å². The van der Waals surface area contributed by atoms with E-state index < -0.39 is 30.7 Å². The van der Waals surface area contributed by atoms with Crippen LogP contribution in [-0.4, -0.2) is 52.5 Å². The van der Waals surface area contributed by atoms with Crippen molar-refractivity contribution in [3.63, 3.8) is 0 Å². The summed E-state index contributed by atoms with van der Waals surface area (Å²) in [7, 11) is 0. The summed E-state index contributed by atoms with van der Waals surface area (Å²) >= 11 is 0. The summed E-state index contributed by atoms with van der Waals surface area (Å²) in [6, 6.07) is 0. The zero-order valence-electron chi connectivity index (χ0n) is 61.6. The summed E-state index contributed by atoms with van der Waals surface area (Å²) in [4.78, 5) is 25.7. The normalized spacial score (nSPS) is 15.4. The van der Waals surface area contributed by atoms with Gasteiger partial charge in [0, 0.05) is 12.3 Å². The second-order valence-corrected chi connectivity index (χ2v) is 30.4. The highest BCUT2D eigenvalue weighted by molar-refractivity contribution is 5.80. The van der Waals surface area contributed by atoms with Crippen LogP contribution in [-0.2, 0) is 14.3 Å². The van der Waals surface area contributed by atoms with Gasteiger partial charge in [-0.15, -0.1) is 0 Å². The smallest absolute Gasteiger partial charge is 0.311 e. The molecule has 6 unspecified atom stereocenters. The lowest BCUT2D eigenvalue weighted by atomic mass is 9.91. The molecule has 0 amide bonds. The maximum absolute atomic E-state index is 13.0. The van der Waals surface area contributed by atoms with Crippen LogP contribution in [0.3, 0.4) is 0 Å². The lowest BCUT2D eigenvalue weighted by Crippen LogP contribution is -2.32. The van der Waals surface area contributed by atoms with Gasteiger partial charge in [-0.3, -0.25) is 9.59 Å². The first-order chi connectivity index (χ1) is 44.3. The number of hydrogen-bond donors (Lipinski definition) is 3. The summed E-state index contributed by atoms with van der Waals surface area (Å²) in [5.74, 6) is 1.95. The molecule has 1 rings (SSSR count). The van der Waals surface area contributed by atoms with Crippen LogP contribution in [0.2, 0.25) is 0 Å². The molecule has 0 radical (unpaired) electrons. The summed E-state index contributed by atoms with van der Waals surface area (Å²) in [6.45, 7) is 6.14. The van der Waals surface area contributed by atoms with Gasteiger partial charge in [-0.2, -0.15) is 0 Å². The van der Waals surface area contributed by atoms with Crippen molar-refractivity contribution in [2.75, 3.05) is 13.2 Å². The van der Waals surface area contributed by atoms with Gasteiger partial charge in [0.05, 0.1) is 18.6 Å². The molecule has 3 N–H and O–H groups in total. The maximum atomic E-state index is 13.0. The Morgan fingerprint density at radius 1 is 0.333 bits per heavy atom. The highest BCUT2D eigenvalue weighted by atomic mass is 16.5. The van der Waals surface area contributed by atoms with Crippen LogP contribution >= 0.6 is 0 Å². The summed E-state index contributed by atoms with van der Waals surface area (Å²) in [5, 5.41) is 30.1. The number of ketones is 1. The minimum Gasteiger partial charge on any atom is -0.463 e. The molecule has 0 aromatic rings. The highest BCUT2D eigenvalue weighted by Crippen LogP contribution is 2.46. The zero-order chi connectivity index (χ0) is 64.9. The predicted molar refractivity (Wildman–Crippen MR) is 394 cm³/mol. The molecule has 0 saturated heterocycles. The molecule has 0 aromatic heterocycles. The first-order valence-electron chi connectivity index (χ1n) is 42.0. The minimum absolute atomic E-state index is 0.214. The van der Waals surface area contributed by atoms with E-state index in [0.29, 0.717) is 18.6 Å². The average molecular weight is 1270 g/mol. The Labute approximate surface area is 564 Å². The SMILES string of the molecule is CCCCCCCCCCCCCCCCCCCCCCC(C(=O)OCC(O)CO)C(O)CCCCCCCCCCCCCCC1CC1CCCCCCCCCCCCCCCCCC(=O)C(C)CCCCCCCCCCCCCCCCCCC. The zero-order valence-corrected chi connectivity index (χ0v) is 61.6. The topological polar surface area (TPSA) is 104 Å². The standard InChI is InChI=1S/C84H164O6/c1-4-6-8-10-12-14-16-18-20-22-23-24-26-30-34-41-47-53-59-65-71-81(84(89)90-76-80(86)75-85)83(88)73-67-61-55-49-43-37-36-40-46-52-58-64-70-79-74-78(79)69-63-57-51-45-39-33-29-27-31-35-42-48-54-60-66-72-82(87)77(3)68-62-56-50-44-38-32-28-25-21-19-17-15-13-11-9-7-5-2/h77-81,83,85-86,88H,4-76H2,1-3H3. The van der Waals surface area contributed by atoms with Crippen LogP contribution in [0.4, 0.5) is 0 Å². The third-order valence-electron chi connectivity index (χ3n) is 21.4. The van der Waals surface area contributed by atoms with Crippen molar-refractivity contribution >= 4 is 11.8 Å². The van der Waals surface area contributed by atoms with E-state index in [9.17, 15) is 24.9 Å². The van der Waals surface area contributed by atoms with Gasteiger partial charge < -0.3 is 20.1 Å². The van der Waals surface area contributed by atoms with Crippen molar-refractivity contribution < 1.29 is 29.6 Å². The largest absolute Gasteiger partial charge is 0.463 e. The number of carbonyl (C=O) groups is 2. The quantitative estimate of drug-likeness (QED) is 0.0414. The van der Waals surface area contributed by atoms with Gasteiger partial charge in [0.2, 0.25) is 0 Å². The maximum Gasteiger partial charge on any atom is 0.311 e. The molecule has 6 heteroatoms. The number of aliphatic hydroxyl groups is 3. The molecule has 0 aliphatic heterocycles. The van der Waals surface area contributed by atoms with Crippen molar-refractivity contribution in [1.29, 1.82) is 0 Å². The molecule has 0 heterocycles. The van der Waals surface area contributed by atoms with Gasteiger partial charge in [0.1, 0.15) is 18.5 Å². The monoisotopic (exact) mass is 1270 g/mol. The molecular formula is C84H164O6. The van der Waals surface area contributed by atoms with Crippen molar-refractivity contribution in [3.05, 3.63) is 0 Å². The number of hydrogen-bond acceptors (Lipinski definition) is 6. The number of unbranched alkanes of at least 4 members (excludes halogenated alkanes) is 60. The van der Waals surface area contributed by atoms with Crippen molar-refractivity contribution in [3.8, 4) is 0 Å². The van der Waals surface area contributed by atoms with Crippen LogP contribution in [0, 0.1) is 23.7 Å². The third-order valence-corrected chi connectivity index (χ3v) is 21.4. The number of aliphatic hydroxyl groups excluding tert-OH is 3. The van der Waals surface area contributed by atoms with Gasteiger partial charge in [0.25, 0.3) is 0 Å². The Morgan fingerprint density at radius 3 is 0.867 bits per heavy atom. The van der Waals surface area contributed by atoms with E-state index in [0.717, 1.165) is 56.8 Å². The van der Waals surface area contributed by atoms with E-state index in [-0.39, 0.29) is 12.5 Å². The molecule has 0 spiro atoms. The van der Waals surface area contributed by atoms with Crippen molar-refractivity contribution in [1.82, 2.24) is 0 Å².